The van der Waals surface area contributed by atoms with E-state index in [1.807, 2.05) is 18.2 Å². The minimum absolute atomic E-state index is 0.0359. The Morgan fingerprint density at radius 3 is 2.46 bits per heavy atom. The number of carbonyl (C=O) groups excluding carboxylic acids is 1. The second-order valence-electron chi connectivity index (χ2n) is 6.35. The molecule has 0 N–H and O–H groups in total. The van der Waals surface area contributed by atoms with Crippen LogP contribution in [0.3, 0.4) is 0 Å². The van der Waals surface area contributed by atoms with Crippen LogP contribution >= 0.6 is 0 Å². The highest BCUT2D eigenvalue weighted by atomic mass is 19.3. The van der Waals surface area contributed by atoms with E-state index in [1.54, 1.807) is 31.3 Å². The van der Waals surface area contributed by atoms with Crippen LogP contribution in [0.15, 0.2) is 36.4 Å². The van der Waals surface area contributed by atoms with E-state index in [-0.39, 0.29) is 24.4 Å². The summed E-state index contributed by atoms with van der Waals surface area (Å²) in [6.07, 6.45) is 1.89. The zero-order valence-electron chi connectivity index (χ0n) is 15.7. The van der Waals surface area contributed by atoms with E-state index in [1.165, 1.54) is 6.07 Å². The first kappa shape index (κ1) is 19.9. The fourth-order valence-electron chi connectivity index (χ4n) is 3.50. The first-order valence-corrected chi connectivity index (χ1v) is 8.94. The molecule has 2 heterocycles. The molecule has 6 nitrogen and oxygen atoms in total. The fourth-order valence-corrected chi connectivity index (χ4v) is 3.50. The van der Waals surface area contributed by atoms with Gasteiger partial charge in [0.1, 0.15) is 11.5 Å². The molecule has 1 aromatic carbocycles. The first-order chi connectivity index (χ1) is 13.5. The van der Waals surface area contributed by atoms with Gasteiger partial charge < -0.3 is 19.1 Å². The number of aromatic nitrogens is 1. The molecule has 0 aliphatic carbocycles. The van der Waals surface area contributed by atoms with Gasteiger partial charge in [0.25, 0.3) is 0 Å². The Morgan fingerprint density at radius 1 is 1.14 bits per heavy atom. The lowest BCUT2D eigenvalue weighted by Gasteiger charge is -2.37. The number of rotatable bonds is 7. The third-order valence-electron chi connectivity index (χ3n) is 4.69. The second-order valence-corrected chi connectivity index (χ2v) is 6.35. The normalized spacial score (nSPS) is 17.0. The molecule has 1 atom stereocenters. The number of likely N-dealkylation sites (tertiary alicyclic amines) is 1. The van der Waals surface area contributed by atoms with Crippen LogP contribution in [0.2, 0.25) is 0 Å². The van der Waals surface area contributed by atoms with E-state index in [9.17, 15) is 13.6 Å². The Balaban J connectivity index is 1.94. The standard InChI is InChI=1S/C20H22F2N2O4/c1-26-15-8-5-9-16(27-2)19(15)14-7-4-11-18(25)24(14)12-13-6-3-10-17(23-13)28-20(21)22/h3,5-6,8-10,14,20H,4,7,11-12H2,1-2H3. The number of hydrogen-bond donors (Lipinski definition) is 0. The monoisotopic (exact) mass is 392 g/mol. The lowest BCUT2D eigenvalue weighted by molar-refractivity contribution is -0.137. The van der Waals surface area contributed by atoms with Crippen molar-refractivity contribution in [2.75, 3.05) is 14.2 Å². The van der Waals surface area contributed by atoms with E-state index in [0.717, 1.165) is 18.4 Å². The van der Waals surface area contributed by atoms with Gasteiger partial charge in [0.2, 0.25) is 11.8 Å². The van der Waals surface area contributed by atoms with Crippen molar-refractivity contribution >= 4 is 5.91 Å². The molecular weight excluding hydrogens is 370 g/mol. The van der Waals surface area contributed by atoms with Crippen molar-refractivity contribution in [1.29, 1.82) is 0 Å². The average molecular weight is 392 g/mol. The Kier molecular flexibility index (Phi) is 6.28. The zero-order chi connectivity index (χ0) is 20.1. The molecule has 0 bridgehead atoms. The number of benzene rings is 1. The Hall–Kier alpha value is -2.90. The molecule has 1 unspecified atom stereocenters. The van der Waals surface area contributed by atoms with Crippen molar-refractivity contribution < 1.29 is 27.8 Å². The van der Waals surface area contributed by atoms with Gasteiger partial charge in [-0.3, -0.25) is 4.79 Å². The Morgan fingerprint density at radius 2 is 1.82 bits per heavy atom. The van der Waals surface area contributed by atoms with Crippen molar-refractivity contribution in [3.63, 3.8) is 0 Å². The maximum absolute atomic E-state index is 12.7. The fraction of sp³-hybridized carbons (Fsp3) is 0.400. The smallest absolute Gasteiger partial charge is 0.388 e. The first-order valence-electron chi connectivity index (χ1n) is 8.94. The predicted molar refractivity (Wildman–Crippen MR) is 97.6 cm³/mol. The quantitative estimate of drug-likeness (QED) is 0.714. The Labute approximate surface area is 162 Å². The van der Waals surface area contributed by atoms with Gasteiger partial charge >= 0.3 is 6.61 Å². The molecule has 0 spiro atoms. The molecule has 28 heavy (non-hydrogen) atoms. The molecular formula is C20H22F2N2O4. The summed E-state index contributed by atoms with van der Waals surface area (Å²) >= 11 is 0. The molecule has 8 heteroatoms. The highest BCUT2D eigenvalue weighted by Crippen LogP contribution is 2.42. The highest BCUT2D eigenvalue weighted by Gasteiger charge is 2.33. The number of methoxy groups -OCH3 is 2. The summed E-state index contributed by atoms with van der Waals surface area (Å²) in [5.74, 6) is 1.05. The van der Waals surface area contributed by atoms with Crippen LogP contribution < -0.4 is 14.2 Å². The van der Waals surface area contributed by atoms with Gasteiger partial charge in [-0.1, -0.05) is 12.1 Å². The number of ether oxygens (including phenoxy) is 3. The summed E-state index contributed by atoms with van der Waals surface area (Å²) in [5.41, 5.74) is 1.26. The summed E-state index contributed by atoms with van der Waals surface area (Å²) < 4.78 is 40.3. The number of piperidine rings is 1. The summed E-state index contributed by atoms with van der Waals surface area (Å²) in [4.78, 5) is 18.5. The average Bonchev–Trinajstić information content (AvgIpc) is 2.68. The van der Waals surface area contributed by atoms with Crippen molar-refractivity contribution in [3.8, 4) is 17.4 Å². The largest absolute Gasteiger partial charge is 0.496 e. The van der Waals surface area contributed by atoms with E-state index in [4.69, 9.17) is 9.47 Å². The molecule has 1 aliphatic heterocycles. The molecule has 1 aliphatic rings. The van der Waals surface area contributed by atoms with Gasteiger partial charge in [-0.2, -0.15) is 8.78 Å². The minimum atomic E-state index is -2.95. The summed E-state index contributed by atoms with van der Waals surface area (Å²) in [6, 6.07) is 9.81. The number of nitrogens with zero attached hydrogens (tertiary/aromatic N) is 2. The molecule has 2 aromatic rings. The molecule has 0 saturated carbocycles. The van der Waals surface area contributed by atoms with Gasteiger partial charge in [0.05, 0.1) is 38.1 Å². The maximum atomic E-state index is 12.7. The highest BCUT2D eigenvalue weighted by molar-refractivity contribution is 5.78. The van der Waals surface area contributed by atoms with Crippen molar-refractivity contribution in [2.45, 2.75) is 38.5 Å². The van der Waals surface area contributed by atoms with Gasteiger partial charge in [-0.05, 0) is 31.0 Å². The summed E-state index contributed by atoms with van der Waals surface area (Å²) in [6.45, 7) is -2.78. The van der Waals surface area contributed by atoms with Crippen LogP contribution in [0, 0.1) is 0 Å². The lowest BCUT2D eigenvalue weighted by Crippen LogP contribution is -2.38. The van der Waals surface area contributed by atoms with E-state index < -0.39 is 6.61 Å². The van der Waals surface area contributed by atoms with Crippen LogP contribution in [-0.2, 0) is 11.3 Å². The van der Waals surface area contributed by atoms with E-state index in [2.05, 4.69) is 9.72 Å². The molecule has 1 fully saturated rings. The second kappa shape index (κ2) is 8.86. The number of carbonyl (C=O) groups is 1. The summed E-state index contributed by atoms with van der Waals surface area (Å²) in [7, 11) is 3.14. The van der Waals surface area contributed by atoms with Gasteiger partial charge in [0.15, 0.2) is 0 Å². The van der Waals surface area contributed by atoms with Gasteiger partial charge in [0, 0.05) is 12.5 Å². The zero-order valence-corrected chi connectivity index (χ0v) is 15.7. The van der Waals surface area contributed by atoms with Crippen molar-refractivity contribution in [3.05, 3.63) is 47.7 Å². The summed E-state index contributed by atoms with van der Waals surface area (Å²) in [5, 5.41) is 0. The molecule has 1 amide bonds. The lowest BCUT2D eigenvalue weighted by atomic mass is 9.93. The number of halogens is 2. The third kappa shape index (κ3) is 4.32. The van der Waals surface area contributed by atoms with E-state index in [0.29, 0.717) is 23.6 Å². The SMILES string of the molecule is COc1cccc(OC)c1C1CCCC(=O)N1Cc1cccc(OC(F)F)n1. The van der Waals surface area contributed by atoms with E-state index >= 15 is 0 Å². The third-order valence-corrected chi connectivity index (χ3v) is 4.69. The molecule has 0 radical (unpaired) electrons. The topological polar surface area (TPSA) is 60.9 Å². The van der Waals surface area contributed by atoms with Crippen molar-refractivity contribution in [2.24, 2.45) is 0 Å². The Bertz CT molecular complexity index is 809. The van der Waals surface area contributed by atoms with Crippen LogP contribution in [0.25, 0.3) is 0 Å². The van der Waals surface area contributed by atoms with Gasteiger partial charge in [-0.15, -0.1) is 0 Å². The molecule has 1 aromatic heterocycles. The van der Waals surface area contributed by atoms with Crippen LogP contribution in [0.1, 0.15) is 36.6 Å². The van der Waals surface area contributed by atoms with Crippen LogP contribution in [-0.4, -0.2) is 36.6 Å². The van der Waals surface area contributed by atoms with Gasteiger partial charge in [-0.25, -0.2) is 4.98 Å². The van der Waals surface area contributed by atoms with Crippen LogP contribution in [0.5, 0.6) is 17.4 Å². The number of hydrogen-bond acceptors (Lipinski definition) is 5. The molecule has 1 saturated heterocycles. The molecule has 150 valence electrons. The van der Waals surface area contributed by atoms with Crippen molar-refractivity contribution in [1.82, 2.24) is 9.88 Å². The number of pyridine rings is 1. The predicted octanol–water partition coefficient (Wildman–Crippen LogP) is 3.95. The maximum Gasteiger partial charge on any atom is 0.388 e. The van der Waals surface area contributed by atoms with Crippen LogP contribution in [0.4, 0.5) is 8.78 Å². The minimum Gasteiger partial charge on any atom is -0.496 e. The number of alkyl halides is 2. The molecule has 3 rings (SSSR count). The number of amides is 1.